The lowest BCUT2D eigenvalue weighted by atomic mass is 9.95. The van der Waals surface area contributed by atoms with E-state index in [4.69, 9.17) is 15.3 Å². The second-order valence-electron chi connectivity index (χ2n) is 4.39. The quantitative estimate of drug-likeness (QED) is 0.812. The van der Waals surface area contributed by atoms with E-state index in [1.165, 1.54) is 6.07 Å². The molecule has 0 aliphatic heterocycles. The molecule has 0 fully saturated rings. The van der Waals surface area contributed by atoms with Crippen LogP contribution in [0.3, 0.4) is 0 Å². The number of furan rings is 1. The molecule has 16 heavy (non-hydrogen) atoms. The minimum atomic E-state index is -1.07. The lowest BCUT2D eigenvalue weighted by molar-refractivity contribution is 0.0665. The van der Waals surface area contributed by atoms with Crippen LogP contribution in [0.15, 0.2) is 28.7 Å². The van der Waals surface area contributed by atoms with Crippen LogP contribution in [0, 0.1) is 0 Å². The third kappa shape index (κ3) is 1.79. The Hall–Kier alpha value is -1.81. The largest absolute Gasteiger partial charge is 0.475 e. The van der Waals surface area contributed by atoms with Crippen molar-refractivity contribution in [2.45, 2.75) is 19.4 Å². The highest BCUT2D eigenvalue weighted by atomic mass is 16.4. The van der Waals surface area contributed by atoms with Crippen molar-refractivity contribution in [2.24, 2.45) is 5.73 Å². The van der Waals surface area contributed by atoms with E-state index in [0.29, 0.717) is 5.58 Å². The third-order valence-electron chi connectivity index (χ3n) is 2.47. The van der Waals surface area contributed by atoms with Crippen LogP contribution in [0.1, 0.15) is 30.0 Å². The van der Waals surface area contributed by atoms with Gasteiger partial charge in [0.15, 0.2) is 0 Å². The maximum Gasteiger partial charge on any atom is 0.371 e. The van der Waals surface area contributed by atoms with Gasteiger partial charge < -0.3 is 15.3 Å². The summed E-state index contributed by atoms with van der Waals surface area (Å²) in [6.45, 7) is 3.79. The monoisotopic (exact) mass is 219 g/mol. The van der Waals surface area contributed by atoms with Crippen molar-refractivity contribution in [3.05, 3.63) is 35.6 Å². The molecule has 1 aromatic carbocycles. The van der Waals surface area contributed by atoms with E-state index < -0.39 is 11.5 Å². The topological polar surface area (TPSA) is 76.5 Å². The highest BCUT2D eigenvalue weighted by molar-refractivity contribution is 5.91. The van der Waals surface area contributed by atoms with Crippen LogP contribution in [-0.4, -0.2) is 11.1 Å². The molecule has 84 valence electrons. The fourth-order valence-electron chi connectivity index (χ4n) is 1.55. The third-order valence-corrected chi connectivity index (χ3v) is 2.47. The molecule has 0 radical (unpaired) electrons. The Morgan fingerprint density at radius 2 is 2.06 bits per heavy atom. The van der Waals surface area contributed by atoms with Gasteiger partial charge in [-0.3, -0.25) is 0 Å². The van der Waals surface area contributed by atoms with Crippen molar-refractivity contribution < 1.29 is 14.3 Å². The number of carbonyl (C=O) groups is 1. The van der Waals surface area contributed by atoms with Gasteiger partial charge in [-0.05, 0) is 37.6 Å². The van der Waals surface area contributed by atoms with E-state index in [9.17, 15) is 4.79 Å². The van der Waals surface area contributed by atoms with E-state index in [0.717, 1.165) is 10.9 Å². The minimum absolute atomic E-state index is 0.0537. The predicted molar refractivity (Wildman–Crippen MR) is 60.4 cm³/mol. The summed E-state index contributed by atoms with van der Waals surface area (Å²) in [5.74, 6) is -1.12. The Balaban J connectivity index is 2.58. The molecule has 0 amide bonds. The van der Waals surface area contributed by atoms with Crippen molar-refractivity contribution in [1.29, 1.82) is 0 Å². The summed E-state index contributed by atoms with van der Waals surface area (Å²) in [5, 5.41) is 9.55. The summed E-state index contributed by atoms with van der Waals surface area (Å²) in [5.41, 5.74) is 7.02. The molecule has 0 spiro atoms. The van der Waals surface area contributed by atoms with Crippen LogP contribution in [-0.2, 0) is 5.54 Å². The predicted octanol–water partition coefficient (Wildman–Crippen LogP) is 2.32. The number of carboxylic acids is 1. The van der Waals surface area contributed by atoms with Gasteiger partial charge in [0.05, 0.1) is 0 Å². The number of rotatable bonds is 2. The summed E-state index contributed by atoms with van der Waals surface area (Å²) in [7, 11) is 0. The molecule has 0 bridgehead atoms. The minimum Gasteiger partial charge on any atom is -0.475 e. The summed E-state index contributed by atoms with van der Waals surface area (Å²) >= 11 is 0. The zero-order valence-electron chi connectivity index (χ0n) is 9.15. The molecule has 4 heteroatoms. The maximum absolute atomic E-state index is 10.7. The number of hydrogen-bond acceptors (Lipinski definition) is 3. The van der Waals surface area contributed by atoms with Crippen molar-refractivity contribution in [2.75, 3.05) is 0 Å². The fraction of sp³-hybridized carbons (Fsp3) is 0.250. The van der Waals surface area contributed by atoms with Gasteiger partial charge in [0, 0.05) is 10.9 Å². The molecule has 0 saturated heterocycles. The molecule has 0 saturated carbocycles. The lowest BCUT2D eigenvalue weighted by Gasteiger charge is -2.18. The number of aromatic carboxylic acids is 1. The maximum atomic E-state index is 10.7. The normalized spacial score (nSPS) is 11.9. The van der Waals surface area contributed by atoms with Gasteiger partial charge in [0.2, 0.25) is 5.76 Å². The van der Waals surface area contributed by atoms with Crippen molar-refractivity contribution >= 4 is 16.9 Å². The Labute approximate surface area is 92.7 Å². The zero-order chi connectivity index (χ0) is 11.9. The lowest BCUT2D eigenvalue weighted by Crippen LogP contribution is -2.28. The van der Waals surface area contributed by atoms with Gasteiger partial charge in [-0.15, -0.1) is 0 Å². The summed E-state index contributed by atoms with van der Waals surface area (Å²) in [4.78, 5) is 10.7. The first-order chi connectivity index (χ1) is 7.38. The van der Waals surface area contributed by atoms with Crippen LogP contribution in [0.4, 0.5) is 0 Å². The average molecular weight is 219 g/mol. The highest BCUT2D eigenvalue weighted by Gasteiger charge is 2.16. The smallest absolute Gasteiger partial charge is 0.371 e. The first-order valence-corrected chi connectivity index (χ1v) is 4.94. The van der Waals surface area contributed by atoms with E-state index in [2.05, 4.69) is 0 Å². The molecular formula is C12H13NO3. The van der Waals surface area contributed by atoms with Crippen LogP contribution in [0.2, 0.25) is 0 Å². The molecule has 1 aromatic heterocycles. The van der Waals surface area contributed by atoms with Crippen molar-refractivity contribution in [3.63, 3.8) is 0 Å². The van der Waals surface area contributed by atoms with Gasteiger partial charge in [-0.2, -0.15) is 0 Å². The molecule has 0 unspecified atom stereocenters. The van der Waals surface area contributed by atoms with Gasteiger partial charge in [-0.25, -0.2) is 4.79 Å². The molecular weight excluding hydrogens is 206 g/mol. The first kappa shape index (κ1) is 10.7. The van der Waals surface area contributed by atoms with Crippen molar-refractivity contribution in [3.8, 4) is 0 Å². The number of fused-ring (bicyclic) bond motifs is 1. The SMILES string of the molecule is CC(C)(N)c1ccc2oc(C(=O)O)cc2c1. The van der Waals surface area contributed by atoms with Crippen molar-refractivity contribution in [1.82, 2.24) is 0 Å². The van der Waals surface area contributed by atoms with E-state index in [1.807, 2.05) is 26.0 Å². The van der Waals surface area contributed by atoms with Crippen LogP contribution >= 0.6 is 0 Å². The molecule has 0 aliphatic rings. The molecule has 1 heterocycles. The first-order valence-electron chi connectivity index (χ1n) is 4.94. The van der Waals surface area contributed by atoms with Crippen LogP contribution in [0.5, 0.6) is 0 Å². The van der Waals surface area contributed by atoms with E-state index in [1.54, 1.807) is 6.07 Å². The van der Waals surface area contributed by atoms with E-state index in [-0.39, 0.29) is 5.76 Å². The Morgan fingerprint density at radius 1 is 1.38 bits per heavy atom. The number of carboxylic acid groups (broad SMARTS) is 1. The number of nitrogens with two attached hydrogens (primary N) is 1. The Bertz CT molecular complexity index is 549. The highest BCUT2D eigenvalue weighted by Crippen LogP contribution is 2.25. The van der Waals surface area contributed by atoms with Gasteiger partial charge in [-0.1, -0.05) is 6.07 Å². The molecule has 0 atom stereocenters. The standard InChI is InChI=1S/C12H13NO3/c1-12(2,13)8-3-4-9-7(5-8)6-10(16-9)11(14)15/h3-6H,13H2,1-2H3,(H,14,15). The van der Waals surface area contributed by atoms with Gasteiger partial charge in [0.25, 0.3) is 0 Å². The molecule has 2 rings (SSSR count). The van der Waals surface area contributed by atoms with Gasteiger partial charge in [0.1, 0.15) is 5.58 Å². The summed E-state index contributed by atoms with van der Waals surface area (Å²) in [6, 6.07) is 6.95. The zero-order valence-corrected chi connectivity index (χ0v) is 9.15. The summed E-state index contributed by atoms with van der Waals surface area (Å²) < 4.78 is 5.16. The van der Waals surface area contributed by atoms with Gasteiger partial charge >= 0.3 is 5.97 Å². The molecule has 3 N–H and O–H groups in total. The summed E-state index contributed by atoms with van der Waals surface area (Å²) in [6.07, 6.45) is 0. The number of hydrogen-bond donors (Lipinski definition) is 2. The second kappa shape index (κ2) is 3.35. The van der Waals surface area contributed by atoms with E-state index >= 15 is 0 Å². The average Bonchev–Trinajstić information content (AvgIpc) is 2.58. The molecule has 0 aliphatic carbocycles. The number of benzene rings is 1. The van der Waals surface area contributed by atoms with Crippen LogP contribution in [0.25, 0.3) is 11.0 Å². The molecule has 2 aromatic rings. The fourth-order valence-corrected chi connectivity index (χ4v) is 1.55. The second-order valence-corrected chi connectivity index (χ2v) is 4.39. The Morgan fingerprint density at radius 3 is 2.62 bits per heavy atom. The van der Waals surface area contributed by atoms with Crippen LogP contribution < -0.4 is 5.73 Å². The Kier molecular flexibility index (Phi) is 2.24. The molecule has 4 nitrogen and oxygen atoms in total.